The van der Waals surface area contributed by atoms with Crippen molar-refractivity contribution >= 4 is 24.8 Å². The Hall–Kier alpha value is -2.37. The zero-order chi connectivity index (χ0) is 28.0. The van der Waals surface area contributed by atoms with Crippen LogP contribution in [-0.2, 0) is 35.1 Å². The van der Waals surface area contributed by atoms with Crippen LogP contribution >= 0.6 is 0 Å². The van der Waals surface area contributed by atoms with Crippen molar-refractivity contribution in [3.05, 3.63) is 120 Å². The van der Waals surface area contributed by atoms with E-state index < -0.39 is 0 Å². The Balaban J connectivity index is 0.000000165. The maximum atomic E-state index is 2.35. The SMILES string of the molecule is CC(C)(C)c1ccc2c(c1)[cH-]c1cc(C(C)(C)C)ccc12.[Zr+2]=[C](c1ccccc1)C1CCCC1.c1cc[cH-]c1. The van der Waals surface area contributed by atoms with Gasteiger partial charge in [0.2, 0.25) is 0 Å². The molecular weight excluding hydrogens is 548 g/mol. The van der Waals surface area contributed by atoms with Crippen LogP contribution in [0.15, 0.2) is 103 Å². The summed E-state index contributed by atoms with van der Waals surface area (Å²) in [7, 11) is 0. The van der Waals surface area contributed by atoms with Gasteiger partial charge in [0.25, 0.3) is 0 Å². The van der Waals surface area contributed by atoms with Gasteiger partial charge in [-0.05, 0) is 10.8 Å². The van der Waals surface area contributed by atoms with Crippen molar-refractivity contribution in [2.75, 3.05) is 0 Å². The zero-order valence-electron chi connectivity index (χ0n) is 24.7. The van der Waals surface area contributed by atoms with E-state index in [4.69, 9.17) is 0 Å². The van der Waals surface area contributed by atoms with Crippen LogP contribution in [0.4, 0.5) is 0 Å². The molecule has 0 aromatic heterocycles. The molecule has 0 aliphatic heterocycles. The molecule has 0 amide bonds. The Morgan fingerprint density at radius 1 is 0.667 bits per heavy atom. The molecule has 6 rings (SSSR count). The molecule has 0 spiro atoms. The van der Waals surface area contributed by atoms with Crippen LogP contribution in [0.5, 0.6) is 0 Å². The average Bonchev–Trinajstić information content (AvgIpc) is 3.70. The van der Waals surface area contributed by atoms with Crippen LogP contribution in [0.1, 0.15) is 83.9 Å². The monoisotopic (exact) mass is 590 g/mol. The number of hydrogen-bond acceptors (Lipinski definition) is 0. The van der Waals surface area contributed by atoms with Gasteiger partial charge in [0.05, 0.1) is 0 Å². The first kappa shape index (κ1) is 29.6. The van der Waals surface area contributed by atoms with Crippen LogP contribution in [0.2, 0.25) is 0 Å². The summed E-state index contributed by atoms with van der Waals surface area (Å²) in [6.45, 7) is 13.6. The van der Waals surface area contributed by atoms with Crippen molar-refractivity contribution < 1.29 is 24.2 Å². The summed E-state index contributed by atoms with van der Waals surface area (Å²) in [4.78, 5) is 0. The first-order valence-corrected chi connectivity index (χ1v) is 15.7. The van der Waals surface area contributed by atoms with E-state index in [1.165, 1.54) is 63.9 Å². The van der Waals surface area contributed by atoms with Crippen LogP contribution in [-0.4, -0.2) is 3.21 Å². The van der Waals surface area contributed by atoms with Gasteiger partial charge >= 0.3 is 94.9 Å². The Kier molecular flexibility index (Phi) is 9.77. The van der Waals surface area contributed by atoms with Crippen molar-refractivity contribution in [2.45, 2.75) is 78.1 Å². The fraction of sp³-hybridized carbons (Fsp3) is 0.342. The Bertz CT molecular complexity index is 1380. The van der Waals surface area contributed by atoms with E-state index in [9.17, 15) is 0 Å². The second kappa shape index (κ2) is 12.9. The summed E-state index contributed by atoms with van der Waals surface area (Å²) in [5, 5.41) is 5.48. The smallest absolute Gasteiger partial charge is 0.172 e. The molecule has 0 N–H and O–H groups in total. The van der Waals surface area contributed by atoms with E-state index in [1.54, 1.807) is 27.4 Å². The molecule has 0 saturated heterocycles. The molecular formula is C38H44Zr. The van der Waals surface area contributed by atoms with Crippen molar-refractivity contribution in [1.82, 2.24) is 0 Å². The standard InChI is InChI=1S/C21H25.C12H14.C5H5.Zr/c1-20(2,3)16-7-9-18-14(12-16)11-15-13-17(21(4,5)6)8-10-19(15)18;1-2-6-11(7-3-1)10-12-8-4-5-9-12;1-2-4-5-3-1;/h7-13H,1-6H3;1-3,6-7,12H,4-5,8-9H2;1-5H;/q-1;;-1;+2. The molecule has 0 unspecified atom stereocenters. The predicted octanol–water partition coefficient (Wildman–Crippen LogP) is 10.7. The molecule has 1 fully saturated rings. The van der Waals surface area contributed by atoms with Gasteiger partial charge < -0.3 is 0 Å². The minimum Gasteiger partial charge on any atom is -0.214 e. The van der Waals surface area contributed by atoms with Gasteiger partial charge in [0, 0.05) is 0 Å². The summed E-state index contributed by atoms with van der Waals surface area (Å²) in [6.07, 6.45) is 5.73. The van der Waals surface area contributed by atoms with Crippen LogP contribution < -0.4 is 0 Å². The van der Waals surface area contributed by atoms with Gasteiger partial charge in [-0.3, -0.25) is 0 Å². The Labute approximate surface area is 251 Å². The first-order valence-electron chi connectivity index (χ1n) is 14.5. The minimum atomic E-state index is 0.203. The maximum absolute atomic E-state index is 2.35. The average molecular weight is 592 g/mol. The van der Waals surface area contributed by atoms with Crippen LogP contribution in [0.3, 0.4) is 0 Å². The molecule has 39 heavy (non-hydrogen) atoms. The second-order valence-electron chi connectivity index (χ2n) is 13.0. The fourth-order valence-electron chi connectivity index (χ4n) is 5.34. The van der Waals surface area contributed by atoms with Crippen molar-refractivity contribution in [3.8, 4) is 0 Å². The van der Waals surface area contributed by atoms with Crippen LogP contribution in [0, 0.1) is 5.92 Å². The molecule has 200 valence electrons. The molecule has 1 heteroatoms. The molecule has 5 aromatic carbocycles. The fourth-order valence-corrected chi connectivity index (χ4v) is 6.46. The Morgan fingerprint density at radius 2 is 1.15 bits per heavy atom. The van der Waals surface area contributed by atoms with E-state index in [1.807, 2.05) is 30.3 Å². The molecule has 0 heterocycles. The third kappa shape index (κ3) is 7.86. The molecule has 0 atom stereocenters. The number of benzene rings is 3. The molecule has 1 saturated carbocycles. The number of hydrogen-bond donors (Lipinski definition) is 0. The Morgan fingerprint density at radius 3 is 1.56 bits per heavy atom. The van der Waals surface area contributed by atoms with Gasteiger partial charge in [-0.15, -0.1) is 39.7 Å². The second-order valence-corrected chi connectivity index (χ2v) is 14.3. The number of fused-ring (bicyclic) bond motifs is 3. The van der Waals surface area contributed by atoms with Gasteiger partial charge in [-0.25, -0.2) is 12.1 Å². The van der Waals surface area contributed by atoms with E-state index in [0.29, 0.717) is 0 Å². The summed E-state index contributed by atoms with van der Waals surface area (Å²) < 4.78 is 1.69. The summed E-state index contributed by atoms with van der Waals surface area (Å²) >= 11 is 1.61. The van der Waals surface area contributed by atoms with Gasteiger partial charge in [0.1, 0.15) is 0 Å². The summed E-state index contributed by atoms with van der Waals surface area (Å²) in [5.41, 5.74) is 4.69. The molecule has 0 radical (unpaired) electrons. The van der Waals surface area contributed by atoms with E-state index >= 15 is 0 Å². The van der Waals surface area contributed by atoms with Gasteiger partial charge in [-0.2, -0.15) is 18.2 Å². The molecule has 0 nitrogen and oxygen atoms in total. The summed E-state index contributed by atoms with van der Waals surface area (Å²) in [6, 6.07) is 37.1. The van der Waals surface area contributed by atoms with Gasteiger partial charge in [-0.1, -0.05) is 76.9 Å². The first-order chi connectivity index (χ1) is 18.5. The number of rotatable bonds is 2. The van der Waals surface area contributed by atoms with Crippen molar-refractivity contribution in [2.24, 2.45) is 5.92 Å². The van der Waals surface area contributed by atoms with E-state index in [2.05, 4.69) is 114 Å². The molecule has 1 aliphatic carbocycles. The molecule has 0 bridgehead atoms. The minimum absolute atomic E-state index is 0.203. The maximum Gasteiger partial charge on any atom is -0.172 e. The van der Waals surface area contributed by atoms with Crippen molar-refractivity contribution in [3.63, 3.8) is 0 Å². The quantitative estimate of drug-likeness (QED) is 0.179. The van der Waals surface area contributed by atoms with E-state index in [0.717, 1.165) is 5.92 Å². The van der Waals surface area contributed by atoms with E-state index in [-0.39, 0.29) is 10.8 Å². The van der Waals surface area contributed by atoms with Crippen LogP contribution in [0.25, 0.3) is 21.5 Å². The predicted molar refractivity (Wildman–Crippen MR) is 169 cm³/mol. The zero-order valence-corrected chi connectivity index (χ0v) is 27.2. The third-order valence-electron chi connectivity index (χ3n) is 7.84. The van der Waals surface area contributed by atoms with Gasteiger partial charge in [0.15, 0.2) is 0 Å². The van der Waals surface area contributed by atoms with Crippen molar-refractivity contribution in [1.29, 1.82) is 0 Å². The third-order valence-corrected chi connectivity index (χ3v) is 9.55. The summed E-state index contributed by atoms with van der Waals surface area (Å²) in [5.74, 6) is 0.903. The largest absolute Gasteiger partial charge is 0.214 e. The topological polar surface area (TPSA) is 0 Å². The molecule has 5 aromatic rings. The normalized spacial score (nSPS) is 14.1. The molecule has 1 aliphatic rings.